The predicted octanol–water partition coefficient (Wildman–Crippen LogP) is 12.2. The van der Waals surface area contributed by atoms with Gasteiger partial charge in [-0.05, 0) is 61.1 Å². The maximum Gasteiger partial charge on any atom is 0.164 e. The molecule has 0 aliphatic heterocycles. The third kappa shape index (κ3) is 5.26. The number of hydrogen-bond acceptors (Lipinski definition) is 4. The first-order valence-corrected chi connectivity index (χ1v) is 17.5. The molecule has 4 nitrogen and oxygen atoms in total. The second-order valence-electron chi connectivity index (χ2n) is 13.1. The van der Waals surface area contributed by atoms with Gasteiger partial charge in [-0.2, -0.15) is 0 Å². The van der Waals surface area contributed by atoms with Gasteiger partial charge in [0.2, 0.25) is 0 Å². The lowest BCUT2D eigenvalue weighted by Crippen LogP contribution is -2.00. The highest BCUT2D eigenvalue weighted by molar-refractivity contribution is 6.20. The number of benzene rings is 8. The fourth-order valence-electron chi connectivity index (χ4n) is 7.35. The molecule has 0 aliphatic rings. The van der Waals surface area contributed by atoms with E-state index < -0.39 is 0 Å². The van der Waals surface area contributed by atoms with Crippen molar-refractivity contribution in [3.05, 3.63) is 182 Å². The summed E-state index contributed by atoms with van der Waals surface area (Å²) < 4.78 is 0. The second-order valence-corrected chi connectivity index (χ2v) is 13.1. The van der Waals surface area contributed by atoms with Crippen LogP contribution in [0.3, 0.4) is 0 Å². The van der Waals surface area contributed by atoms with Gasteiger partial charge in [-0.1, -0.05) is 158 Å². The number of hydrogen-bond donors (Lipinski definition) is 0. The van der Waals surface area contributed by atoms with Crippen LogP contribution in [0, 0.1) is 0 Å². The zero-order chi connectivity index (χ0) is 34.4. The van der Waals surface area contributed by atoms with Crippen molar-refractivity contribution in [1.82, 2.24) is 19.9 Å². The molecule has 4 heteroatoms. The average molecular weight is 663 g/mol. The molecule has 2 aromatic heterocycles. The van der Waals surface area contributed by atoms with Gasteiger partial charge >= 0.3 is 0 Å². The van der Waals surface area contributed by atoms with Gasteiger partial charge in [0.1, 0.15) is 0 Å². The van der Waals surface area contributed by atoms with Gasteiger partial charge in [0.25, 0.3) is 0 Å². The van der Waals surface area contributed by atoms with Crippen molar-refractivity contribution in [1.29, 1.82) is 0 Å². The molecule has 0 unspecified atom stereocenters. The van der Waals surface area contributed by atoms with Crippen molar-refractivity contribution in [2.45, 2.75) is 0 Å². The van der Waals surface area contributed by atoms with Crippen molar-refractivity contribution >= 4 is 43.1 Å². The maximum absolute atomic E-state index is 5.11. The quantitative estimate of drug-likeness (QED) is 0.172. The molecule has 8 aromatic carbocycles. The van der Waals surface area contributed by atoms with E-state index in [1.807, 2.05) is 18.5 Å². The molecule has 10 rings (SSSR count). The zero-order valence-corrected chi connectivity index (χ0v) is 28.1. The predicted molar refractivity (Wildman–Crippen MR) is 215 cm³/mol. The van der Waals surface area contributed by atoms with Crippen LogP contribution in [0.1, 0.15) is 0 Å². The van der Waals surface area contributed by atoms with E-state index in [9.17, 15) is 0 Å². The Balaban J connectivity index is 1.13. The fraction of sp³-hybridized carbons (Fsp3) is 0. The molecular weight excluding hydrogens is 633 g/mol. The minimum atomic E-state index is 0.617. The third-order valence-corrected chi connectivity index (χ3v) is 9.97. The first kappa shape index (κ1) is 29.8. The van der Waals surface area contributed by atoms with Gasteiger partial charge in [0.15, 0.2) is 17.5 Å². The molecule has 0 bridgehead atoms. The Morgan fingerprint density at radius 3 is 1.67 bits per heavy atom. The number of fused-ring (bicyclic) bond motifs is 6. The van der Waals surface area contributed by atoms with Crippen LogP contribution in [0.15, 0.2) is 182 Å². The molecule has 2 heterocycles. The van der Waals surface area contributed by atoms with E-state index in [1.165, 1.54) is 37.9 Å². The second kappa shape index (κ2) is 12.4. The summed E-state index contributed by atoms with van der Waals surface area (Å²) in [5.41, 5.74) is 7.22. The van der Waals surface area contributed by atoms with E-state index >= 15 is 0 Å². The van der Waals surface area contributed by atoms with Gasteiger partial charge in [-0.15, -0.1) is 0 Å². The SMILES string of the molecule is c1ccc(-c2ccc(-c3nc(-c4cccc(-c5cncc6ccc7c8ccccc8ccc7c56)c4)nc(-c4ccc5ccccc5c4)n3)cc2)cc1. The highest BCUT2D eigenvalue weighted by Crippen LogP contribution is 2.38. The zero-order valence-electron chi connectivity index (χ0n) is 28.1. The Morgan fingerprint density at radius 2 is 0.846 bits per heavy atom. The summed E-state index contributed by atoms with van der Waals surface area (Å²) in [6.45, 7) is 0. The summed E-state index contributed by atoms with van der Waals surface area (Å²) in [5.74, 6) is 1.88. The molecule has 0 N–H and O–H groups in total. The molecule has 0 amide bonds. The molecule has 0 saturated heterocycles. The van der Waals surface area contributed by atoms with Gasteiger partial charge in [-0.25, -0.2) is 15.0 Å². The first-order chi connectivity index (χ1) is 25.7. The summed E-state index contributed by atoms with van der Waals surface area (Å²) in [6, 6.07) is 59.5. The Hall–Kier alpha value is -7.04. The van der Waals surface area contributed by atoms with Crippen LogP contribution in [0.4, 0.5) is 0 Å². The summed E-state index contributed by atoms with van der Waals surface area (Å²) in [6.07, 6.45) is 3.93. The molecule has 0 spiro atoms. The van der Waals surface area contributed by atoms with E-state index in [1.54, 1.807) is 0 Å². The highest BCUT2D eigenvalue weighted by atomic mass is 15.0. The molecule has 0 aliphatic carbocycles. The molecule has 0 fully saturated rings. The van der Waals surface area contributed by atoms with Gasteiger partial charge in [0.05, 0.1) is 0 Å². The average Bonchev–Trinajstić information content (AvgIpc) is 3.23. The summed E-state index contributed by atoms with van der Waals surface area (Å²) in [7, 11) is 0. The minimum absolute atomic E-state index is 0.617. The van der Waals surface area contributed by atoms with E-state index in [4.69, 9.17) is 15.0 Å². The fourth-order valence-corrected chi connectivity index (χ4v) is 7.35. The molecule has 242 valence electrons. The van der Waals surface area contributed by atoms with Gasteiger partial charge < -0.3 is 0 Å². The van der Waals surface area contributed by atoms with Crippen LogP contribution in [0.2, 0.25) is 0 Å². The largest absolute Gasteiger partial charge is 0.263 e. The van der Waals surface area contributed by atoms with Crippen molar-refractivity contribution in [3.8, 4) is 56.4 Å². The van der Waals surface area contributed by atoms with Crippen LogP contribution < -0.4 is 0 Å². The molecule has 52 heavy (non-hydrogen) atoms. The van der Waals surface area contributed by atoms with Crippen molar-refractivity contribution in [2.24, 2.45) is 0 Å². The van der Waals surface area contributed by atoms with Crippen LogP contribution in [0.25, 0.3) is 99.5 Å². The lowest BCUT2D eigenvalue weighted by atomic mass is 9.93. The van der Waals surface area contributed by atoms with Gasteiger partial charge in [0, 0.05) is 45.4 Å². The van der Waals surface area contributed by atoms with Crippen LogP contribution in [-0.4, -0.2) is 19.9 Å². The first-order valence-electron chi connectivity index (χ1n) is 17.5. The normalized spacial score (nSPS) is 11.5. The van der Waals surface area contributed by atoms with E-state index in [0.29, 0.717) is 17.5 Å². The van der Waals surface area contributed by atoms with Crippen LogP contribution in [0.5, 0.6) is 0 Å². The van der Waals surface area contributed by atoms with Gasteiger partial charge in [-0.3, -0.25) is 4.98 Å². The number of rotatable bonds is 5. The van der Waals surface area contributed by atoms with Crippen LogP contribution >= 0.6 is 0 Å². The van der Waals surface area contributed by atoms with E-state index in [0.717, 1.165) is 44.2 Å². The van der Waals surface area contributed by atoms with Crippen LogP contribution in [-0.2, 0) is 0 Å². The standard InChI is InChI=1S/C48H30N4/c1-2-9-31(10-3-1)33-17-20-35(21-18-33)46-50-47(52-48(51-46)39-22-19-32-11-4-5-13-36(32)27-39)38-15-8-14-37(28-38)44-30-49-29-40-24-25-42-41-16-7-6-12-34(41)23-26-43(42)45(40)44/h1-30H. The van der Waals surface area contributed by atoms with Crippen molar-refractivity contribution < 1.29 is 0 Å². The van der Waals surface area contributed by atoms with Crippen molar-refractivity contribution in [3.63, 3.8) is 0 Å². The van der Waals surface area contributed by atoms with Crippen molar-refractivity contribution in [2.75, 3.05) is 0 Å². The topological polar surface area (TPSA) is 51.6 Å². The molecule has 0 radical (unpaired) electrons. The Bertz CT molecular complexity index is 2950. The summed E-state index contributed by atoms with van der Waals surface area (Å²) in [4.78, 5) is 20.0. The maximum atomic E-state index is 5.11. The third-order valence-electron chi connectivity index (χ3n) is 9.97. The number of aromatic nitrogens is 4. The number of pyridine rings is 1. The smallest absolute Gasteiger partial charge is 0.164 e. The molecular formula is C48H30N4. The summed E-state index contributed by atoms with van der Waals surface area (Å²) >= 11 is 0. The Morgan fingerprint density at radius 1 is 0.288 bits per heavy atom. The highest BCUT2D eigenvalue weighted by Gasteiger charge is 2.16. The summed E-state index contributed by atoms with van der Waals surface area (Å²) in [5, 5.41) is 9.51. The lowest BCUT2D eigenvalue weighted by Gasteiger charge is -2.13. The monoisotopic (exact) mass is 662 g/mol. The Labute approximate surface area is 300 Å². The Kier molecular flexibility index (Phi) is 7.10. The van der Waals surface area contributed by atoms with E-state index in [2.05, 4.69) is 169 Å². The lowest BCUT2D eigenvalue weighted by molar-refractivity contribution is 1.07. The molecule has 10 aromatic rings. The number of nitrogens with zero attached hydrogens (tertiary/aromatic N) is 4. The molecule has 0 atom stereocenters. The minimum Gasteiger partial charge on any atom is -0.263 e. The molecule has 0 saturated carbocycles. The van der Waals surface area contributed by atoms with E-state index in [-0.39, 0.29) is 0 Å².